The lowest BCUT2D eigenvalue weighted by Gasteiger charge is -2.29. The molecule has 1 amide bonds. The van der Waals surface area contributed by atoms with E-state index in [0.717, 1.165) is 31.2 Å². The van der Waals surface area contributed by atoms with Gasteiger partial charge in [-0.3, -0.25) is 4.79 Å². The number of nitrogens with one attached hydrogen (secondary N) is 2. The van der Waals surface area contributed by atoms with Crippen molar-refractivity contribution in [2.75, 3.05) is 5.32 Å². The number of hydrogen-bond donors (Lipinski definition) is 2. The highest BCUT2D eigenvalue weighted by Gasteiger charge is 2.25. The Balaban J connectivity index is 1.62. The Kier molecular flexibility index (Phi) is 6.95. The predicted octanol–water partition coefficient (Wildman–Crippen LogP) is 4.93. The van der Waals surface area contributed by atoms with Crippen LogP contribution in [-0.2, 0) is 4.79 Å². The Labute approximate surface area is 199 Å². The molecule has 1 fully saturated rings. The topological polar surface area (TPSA) is 88.4 Å². The molecule has 1 saturated carbocycles. The normalized spacial score (nSPS) is 18.3. The number of aryl methyl sites for hydroxylation is 1. The maximum Gasteiger partial charge on any atom is 0.255 e. The fraction of sp³-hybridized carbons (Fsp3) is 0.462. The highest BCUT2D eigenvalue weighted by Crippen LogP contribution is 2.32. The number of Topliss-reactive ketones (excluding diaryl/α,β-unsaturated/α-hetero) is 1. The molecule has 180 valence electrons. The first-order valence-electron chi connectivity index (χ1n) is 11.9. The molecule has 0 radical (unpaired) electrons. The third kappa shape index (κ3) is 5.11. The van der Waals surface area contributed by atoms with Gasteiger partial charge in [0.25, 0.3) is 5.91 Å². The molecule has 3 aromatic heterocycles. The first kappa shape index (κ1) is 23.9. The van der Waals surface area contributed by atoms with Gasteiger partial charge >= 0.3 is 0 Å². The highest BCUT2D eigenvalue weighted by atomic mass is 19.1. The Morgan fingerprint density at radius 1 is 1.24 bits per heavy atom. The molecule has 3 heterocycles. The number of fused-ring (bicyclic) bond motifs is 1. The summed E-state index contributed by atoms with van der Waals surface area (Å²) in [6, 6.07) is 3.77. The van der Waals surface area contributed by atoms with Crippen LogP contribution in [0.15, 0.2) is 30.7 Å². The minimum absolute atomic E-state index is 0.0771. The molecule has 3 aromatic rings. The Hall–Kier alpha value is -3.29. The maximum absolute atomic E-state index is 14.5. The molecule has 4 rings (SSSR count). The summed E-state index contributed by atoms with van der Waals surface area (Å²) in [6.07, 6.45) is 8.99. The van der Waals surface area contributed by atoms with E-state index in [2.05, 4.69) is 20.7 Å². The van der Waals surface area contributed by atoms with Gasteiger partial charge in [0, 0.05) is 42.0 Å². The SMILES string of the molecule is CC(=O)CC1CCC(NC(=O)c2cnn3cc(-c4c(C)ccnc4F)cc3c2NC(C)C)CC1. The van der Waals surface area contributed by atoms with Crippen LogP contribution in [0.1, 0.15) is 68.8 Å². The lowest BCUT2D eigenvalue weighted by atomic mass is 9.83. The van der Waals surface area contributed by atoms with Crippen LogP contribution in [0, 0.1) is 18.8 Å². The van der Waals surface area contributed by atoms with Crippen molar-refractivity contribution >= 4 is 22.9 Å². The summed E-state index contributed by atoms with van der Waals surface area (Å²) in [5.74, 6) is -0.0752. The first-order chi connectivity index (χ1) is 16.2. The second-order valence-corrected chi connectivity index (χ2v) is 9.68. The number of nitrogens with zero attached hydrogens (tertiary/aromatic N) is 3. The van der Waals surface area contributed by atoms with Crippen LogP contribution in [0.3, 0.4) is 0 Å². The van der Waals surface area contributed by atoms with Crippen molar-refractivity contribution in [2.45, 2.75) is 71.9 Å². The molecular weight excluding hydrogens is 433 g/mol. The second kappa shape index (κ2) is 9.91. The van der Waals surface area contributed by atoms with E-state index in [9.17, 15) is 14.0 Å². The van der Waals surface area contributed by atoms with Crippen molar-refractivity contribution in [2.24, 2.45) is 5.92 Å². The van der Waals surface area contributed by atoms with E-state index in [1.165, 1.54) is 6.20 Å². The fourth-order valence-corrected chi connectivity index (χ4v) is 4.86. The summed E-state index contributed by atoms with van der Waals surface area (Å²) in [7, 11) is 0. The van der Waals surface area contributed by atoms with Gasteiger partial charge in [-0.15, -0.1) is 0 Å². The third-order valence-corrected chi connectivity index (χ3v) is 6.47. The van der Waals surface area contributed by atoms with Crippen molar-refractivity contribution in [3.63, 3.8) is 0 Å². The summed E-state index contributed by atoms with van der Waals surface area (Å²) in [5.41, 5.74) is 3.69. The van der Waals surface area contributed by atoms with Crippen molar-refractivity contribution in [3.05, 3.63) is 47.8 Å². The van der Waals surface area contributed by atoms with Gasteiger partial charge < -0.3 is 15.4 Å². The molecule has 0 spiro atoms. The number of amides is 1. The number of pyridine rings is 1. The van der Waals surface area contributed by atoms with Gasteiger partial charge in [-0.25, -0.2) is 9.50 Å². The van der Waals surface area contributed by atoms with Gasteiger partial charge in [-0.2, -0.15) is 9.49 Å². The van der Waals surface area contributed by atoms with Crippen LogP contribution in [0.4, 0.5) is 10.1 Å². The van der Waals surface area contributed by atoms with Gasteiger partial charge in [0.1, 0.15) is 5.78 Å². The van der Waals surface area contributed by atoms with Crippen molar-refractivity contribution < 1.29 is 14.0 Å². The number of hydrogen-bond acceptors (Lipinski definition) is 5. The molecule has 0 atom stereocenters. The van der Waals surface area contributed by atoms with E-state index < -0.39 is 5.95 Å². The number of carbonyl (C=O) groups excluding carboxylic acids is 2. The molecule has 0 aromatic carbocycles. The van der Waals surface area contributed by atoms with Gasteiger partial charge in [-0.1, -0.05) is 0 Å². The number of rotatable bonds is 7. The van der Waals surface area contributed by atoms with Crippen LogP contribution < -0.4 is 10.6 Å². The minimum Gasteiger partial charge on any atom is -0.380 e. The molecule has 1 aliphatic rings. The summed E-state index contributed by atoms with van der Waals surface area (Å²) >= 11 is 0. The Bertz CT molecular complexity index is 1190. The number of ketones is 1. The average molecular weight is 466 g/mol. The molecule has 1 aliphatic carbocycles. The van der Waals surface area contributed by atoms with Crippen molar-refractivity contribution in [1.29, 1.82) is 0 Å². The number of halogens is 1. The highest BCUT2D eigenvalue weighted by molar-refractivity contribution is 6.03. The predicted molar refractivity (Wildman–Crippen MR) is 130 cm³/mol. The van der Waals surface area contributed by atoms with Crippen LogP contribution in [0.5, 0.6) is 0 Å². The lowest BCUT2D eigenvalue weighted by Crippen LogP contribution is -2.38. The first-order valence-corrected chi connectivity index (χ1v) is 11.9. The fourth-order valence-electron chi connectivity index (χ4n) is 4.86. The Morgan fingerprint density at radius 3 is 2.62 bits per heavy atom. The monoisotopic (exact) mass is 465 g/mol. The van der Waals surface area contributed by atoms with Gasteiger partial charge in [0.15, 0.2) is 0 Å². The van der Waals surface area contributed by atoms with E-state index in [0.29, 0.717) is 40.2 Å². The van der Waals surface area contributed by atoms with Crippen LogP contribution >= 0.6 is 0 Å². The van der Waals surface area contributed by atoms with Gasteiger partial charge in [0.05, 0.1) is 23.0 Å². The number of aromatic nitrogens is 3. The smallest absolute Gasteiger partial charge is 0.255 e. The largest absolute Gasteiger partial charge is 0.380 e. The maximum atomic E-state index is 14.5. The molecule has 34 heavy (non-hydrogen) atoms. The minimum atomic E-state index is -0.535. The zero-order chi connectivity index (χ0) is 24.4. The zero-order valence-electron chi connectivity index (χ0n) is 20.2. The van der Waals surface area contributed by atoms with E-state index >= 15 is 0 Å². The van der Waals surface area contributed by atoms with E-state index in [1.54, 1.807) is 29.9 Å². The van der Waals surface area contributed by atoms with Gasteiger partial charge in [-0.05, 0) is 77.0 Å². The zero-order valence-corrected chi connectivity index (χ0v) is 20.2. The molecule has 7 nitrogen and oxygen atoms in total. The molecule has 0 saturated heterocycles. The van der Waals surface area contributed by atoms with Gasteiger partial charge in [0.2, 0.25) is 5.95 Å². The molecular formula is C26H32FN5O2. The summed E-state index contributed by atoms with van der Waals surface area (Å²) in [4.78, 5) is 28.5. The van der Waals surface area contributed by atoms with Crippen molar-refractivity contribution in [3.8, 4) is 11.1 Å². The quantitative estimate of drug-likeness (QED) is 0.483. The lowest BCUT2D eigenvalue weighted by molar-refractivity contribution is -0.118. The van der Waals surface area contributed by atoms with Crippen LogP contribution in [0.25, 0.3) is 16.6 Å². The van der Waals surface area contributed by atoms with Crippen LogP contribution in [-0.4, -0.2) is 38.4 Å². The number of carbonyl (C=O) groups is 2. The summed E-state index contributed by atoms with van der Waals surface area (Å²) in [6.45, 7) is 7.48. The number of anilines is 1. The van der Waals surface area contributed by atoms with Crippen LogP contribution in [0.2, 0.25) is 0 Å². The van der Waals surface area contributed by atoms with E-state index in [1.807, 2.05) is 26.8 Å². The Morgan fingerprint density at radius 2 is 1.97 bits per heavy atom. The standard InChI is InChI=1S/C26H32FN5O2/c1-15(2)30-24-21(26(34)31-20-7-5-18(6-8-20)11-17(4)33)13-29-32-14-19(12-22(24)32)23-16(3)9-10-28-25(23)27/h9-10,12-15,18,20,30H,5-8,11H2,1-4H3,(H,31,34). The molecule has 0 unspecified atom stereocenters. The van der Waals surface area contributed by atoms with E-state index in [-0.39, 0.29) is 23.8 Å². The second-order valence-electron chi connectivity index (χ2n) is 9.68. The van der Waals surface area contributed by atoms with Crippen molar-refractivity contribution in [1.82, 2.24) is 19.9 Å². The molecule has 0 bridgehead atoms. The molecule has 8 heteroatoms. The average Bonchev–Trinajstić information content (AvgIpc) is 3.18. The summed E-state index contributed by atoms with van der Waals surface area (Å²) in [5, 5.41) is 11.0. The third-order valence-electron chi connectivity index (χ3n) is 6.47. The summed E-state index contributed by atoms with van der Waals surface area (Å²) < 4.78 is 16.2. The molecule has 2 N–H and O–H groups in total. The molecule has 0 aliphatic heterocycles. The van der Waals surface area contributed by atoms with E-state index in [4.69, 9.17) is 0 Å².